The lowest BCUT2D eigenvalue weighted by molar-refractivity contribution is -0.880. The van der Waals surface area contributed by atoms with Gasteiger partial charge in [-0.1, -0.05) is 16.6 Å². The van der Waals surface area contributed by atoms with Crippen LogP contribution in [-0.4, -0.2) is 105 Å². The lowest BCUT2D eigenvalue weighted by Gasteiger charge is -2.33. The van der Waals surface area contributed by atoms with Crippen LogP contribution < -0.4 is 20.3 Å². The minimum Gasteiger partial charge on any atom is -0.497 e. The first kappa shape index (κ1) is 36.1. The minimum atomic E-state index is -0.455. The Hall–Kier alpha value is -5.74. The van der Waals surface area contributed by atoms with Gasteiger partial charge in [-0.15, -0.1) is 0 Å². The van der Waals surface area contributed by atoms with Crippen LogP contribution >= 0.6 is 11.6 Å². The van der Waals surface area contributed by atoms with Crippen LogP contribution in [0.1, 0.15) is 25.3 Å². The van der Waals surface area contributed by atoms with Crippen molar-refractivity contribution in [2.45, 2.75) is 25.3 Å². The first-order valence-corrected chi connectivity index (χ1v) is 16.9. The van der Waals surface area contributed by atoms with Gasteiger partial charge in [0.1, 0.15) is 42.1 Å². The van der Waals surface area contributed by atoms with Gasteiger partial charge in [0.25, 0.3) is 5.56 Å². The Morgan fingerprint density at radius 1 is 1.15 bits per heavy atom. The summed E-state index contributed by atoms with van der Waals surface area (Å²) in [6.07, 6.45) is 11.0. The van der Waals surface area contributed by atoms with E-state index in [1.807, 2.05) is 14.1 Å². The molecule has 1 N–H and O–H groups in total. The second-order valence-electron chi connectivity index (χ2n) is 13.1. The number of aliphatic imine (C=N–C) groups is 1. The maximum atomic E-state index is 14.5. The third-order valence-electron chi connectivity index (χ3n) is 9.01. The SMILES string of the molecule is COc1cc(OC)c(Cl)c(-c2cc3cnc(Nc4ccncn4)nc3n(C3CCN(C(=O)/C=C/C[N+](C)(C)CC4=C([N+](=O)[O-])N=CC4)CC3)c2=O)c1. The first-order valence-electron chi connectivity index (χ1n) is 16.5. The van der Waals surface area contributed by atoms with E-state index in [0.717, 1.165) is 0 Å². The highest BCUT2D eigenvalue weighted by atomic mass is 35.5. The van der Waals surface area contributed by atoms with E-state index < -0.39 is 4.92 Å². The van der Waals surface area contributed by atoms with E-state index in [2.05, 4.69) is 25.3 Å². The normalized spacial score (nSPS) is 15.1. The third-order valence-corrected chi connectivity index (χ3v) is 9.40. The van der Waals surface area contributed by atoms with Gasteiger partial charge in [0, 0.05) is 66.6 Å². The van der Waals surface area contributed by atoms with Gasteiger partial charge in [-0.2, -0.15) is 4.98 Å². The van der Waals surface area contributed by atoms with Gasteiger partial charge in [-0.3, -0.25) is 14.2 Å². The monoisotopic (exact) mass is 729 g/mol. The minimum absolute atomic E-state index is 0.0948. The summed E-state index contributed by atoms with van der Waals surface area (Å²) in [6.45, 7) is 1.75. The lowest BCUT2D eigenvalue weighted by Crippen LogP contribution is -2.42. The smallest absolute Gasteiger partial charge is 0.368 e. The number of nitro groups is 1. The standard InChI is InChI=1S/C35H37ClN10O6/c1-46(2,20-22-7-12-38-32(22)45(49)50)15-5-6-30(47)43-13-9-24(10-14-43)44-33-23(19-39-35(42-33)41-29-8-11-37-21-40-29)16-27(34(44)48)26-17-25(51-3)18-28(52-4)31(26)36/h5-6,8,11-12,16-19,21,24H,7,9-10,13-15,20H2,1-4H3/p+1/b6-5+. The largest absolute Gasteiger partial charge is 0.497 e. The molecule has 52 heavy (non-hydrogen) atoms. The summed E-state index contributed by atoms with van der Waals surface area (Å²) in [5.74, 6) is 1.32. The molecule has 0 unspecified atom stereocenters. The fraction of sp³-hybridized carbons (Fsp3) is 0.343. The number of quaternary nitrogens is 1. The number of carbonyl (C=O) groups is 1. The van der Waals surface area contributed by atoms with E-state index in [-0.39, 0.29) is 34.3 Å². The molecule has 1 saturated heterocycles. The van der Waals surface area contributed by atoms with E-state index >= 15 is 0 Å². The van der Waals surface area contributed by atoms with Crippen molar-refractivity contribution in [3.8, 4) is 22.6 Å². The summed E-state index contributed by atoms with van der Waals surface area (Å²) in [4.78, 5) is 61.7. The summed E-state index contributed by atoms with van der Waals surface area (Å²) in [6, 6.07) is 6.42. The number of fused-ring (bicyclic) bond motifs is 1. The molecule has 3 aromatic heterocycles. The molecule has 0 saturated carbocycles. The fourth-order valence-electron chi connectivity index (χ4n) is 6.43. The van der Waals surface area contributed by atoms with Gasteiger partial charge in [0.2, 0.25) is 11.9 Å². The van der Waals surface area contributed by atoms with E-state index in [0.29, 0.717) is 95.0 Å². The highest BCUT2D eigenvalue weighted by Gasteiger charge is 2.30. The molecule has 0 radical (unpaired) electrons. The molecule has 0 aliphatic carbocycles. The fourth-order valence-corrected chi connectivity index (χ4v) is 6.72. The van der Waals surface area contributed by atoms with E-state index in [4.69, 9.17) is 26.1 Å². The number of anilines is 2. The van der Waals surface area contributed by atoms with Crippen LogP contribution in [0.5, 0.6) is 11.5 Å². The van der Waals surface area contributed by atoms with Crippen molar-refractivity contribution in [1.82, 2.24) is 29.4 Å². The third kappa shape index (κ3) is 7.77. The summed E-state index contributed by atoms with van der Waals surface area (Å²) in [5, 5.41) is 15.2. The van der Waals surface area contributed by atoms with E-state index in [9.17, 15) is 19.7 Å². The van der Waals surface area contributed by atoms with Crippen LogP contribution in [0, 0.1) is 10.1 Å². The van der Waals surface area contributed by atoms with Crippen molar-refractivity contribution in [2.24, 2.45) is 4.99 Å². The average molecular weight is 730 g/mol. The number of aromatic nitrogens is 5. The maximum absolute atomic E-state index is 14.5. The zero-order valence-corrected chi connectivity index (χ0v) is 29.9. The van der Waals surface area contributed by atoms with Crippen molar-refractivity contribution in [2.75, 3.05) is 59.8 Å². The Morgan fingerprint density at radius 2 is 1.94 bits per heavy atom. The van der Waals surface area contributed by atoms with E-state index in [1.165, 1.54) is 20.5 Å². The molecular weight excluding hydrogens is 692 g/mol. The number of amides is 1. The number of carbonyl (C=O) groups excluding carboxylic acids is 1. The molecule has 1 amide bonds. The summed E-state index contributed by atoms with van der Waals surface area (Å²) >= 11 is 6.77. The van der Waals surface area contributed by atoms with Crippen molar-refractivity contribution < 1.29 is 23.7 Å². The number of hydrogen-bond acceptors (Lipinski definition) is 12. The number of rotatable bonds is 12. The maximum Gasteiger partial charge on any atom is 0.368 e. The second-order valence-corrected chi connectivity index (χ2v) is 13.4. The number of nitrogens with one attached hydrogen (secondary N) is 1. The van der Waals surface area contributed by atoms with Gasteiger partial charge in [-0.05, 0) is 42.0 Å². The molecule has 2 aliphatic heterocycles. The number of ether oxygens (including phenoxy) is 2. The van der Waals surface area contributed by atoms with Gasteiger partial charge in [0.15, 0.2) is 0 Å². The molecule has 0 bridgehead atoms. The molecule has 4 aromatic rings. The average Bonchev–Trinajstić information content (AvgIpc) is 3.60. The van der Waals surface area contributed by atoms with Crippen molar-refractivity contribution >= 4 is 46.5 Å². The molecule has 1 aromatic carbocycles. The summed E-state index contributed by atoms with van der Waals surface area (Å²) in [7, 11) is 6.91. The molecule has 2 aliphatic rings. The molecule has 0 atom stereocenters. The number of likely N-dealkylation sites (N-methyl/N-ethyl adjacent to an activating group) is 1. The van der Waals surface area contributed by atoms with Crippen molar-refractivity contribution in [3.05, 3.63) is 92.0 Å². The molecule has 0 spiro atoms. The van der Waals surface area contributed by atoms with Gasteiger partial charge in [0.05, 0.1) is 45.5 Å². The van der Waals surface area contributed by atoms with Gasteiger partial charge < -0.3 is 34.3 Å². The number of benzene rings is 1. The van der Waals surface area contributed by atoms with Crippen LogP contribution in [0.4, 0.5) is 11.8 Å². The molecule has 16 nitrogen and oxygen atoms in total. The molecule has 270 valence electrons. The molecule has 5 heterocycles. The Labute approximate surface area is 303 Å². The van der Waals surface area contributed by atoms with Crippen molar-refractivity contribution in [1.29, 1.82) is 0 Å². The van der Waals surface area contributed by atoms with Gasteiger partial charge in [-0.25, -0.2) is 15.0 Å². The Balaban J connectivity index is 1.26. The second kappa shape index (κ2) is 15.2. The number of halogens is 1. The number of hydrogen-bond donors (Lipinski definition) is 1. The number of piperidine rings is 1. The Bertz CT molecular complexity index is 2160. The Kier molecular flexibility index (Phi) is 10.6. The zero-order valence-electron chi connectivity index (χ0n) is 29.2. The quantitative estimate of drug-likeness (QED) is 0.0944. The summed E-state index contributed by atoms with van der Waals surface area (Å²) < 4.78 is 13.0. The number of pyridine rings is 1. The molecule has 1 fully saturated rings. The van der Waals surface area contributed by atoms with Gasteiger partial charge >= 0.3 is 5.82 Å². The predicted octanol–water partition coefficient (Wildman–Crippen LogP) is 4.42. The highest BCUT2D eigenvalue weighted by Crippen LogP contribution is 2.39. The van der Waals surface area contributed by atoms with Crippen LogP contribution in [0.15, 0.2) is 76.3 Å². The van der Waals surface area contributed by atoms with Crippen LogP contribution in [-0.2, 0) is 4.79 Å². The first-order chi connectivity index (χ1) is 25.0. The van der Waals surface area contributed by atoms with Crippen LogP contribution in [0.2, 0.25) is 5.02 Å². The summed E-state index contributed by atoms with van der Waals surface area (Å²) in [5.41, 5.74) is 1.52. The lowest BCUT2D eigenvalue weighted by atomic mass is 10.0. The van der Waals surface area contributed by atoms with Crippen LogP contribution in [0.3, 0.4) is 0 Å². The van der Waals surface area contributed by atoms with Crippen LogP contribution in [0.25, 0.3) is 22.2 Å². The molecule has 6 rings (SSSR count). The zero-order chi connectivity index (χ0) is 37.0. The van der Waals surface area contributed by atoms with E-state index in [1.54, 1.807) is 64.5 Å². The topological polar surface area (TPSA) is 180 Å². The highest BCUT2D eigenvalue weighted by molar-refractivity contribution is 6.35. The predicted molar refractivity (Wildman–Crippen MR) is 196 cm³/mol. The van der Waals surface area contributed by atoms with Crippen molar-refractivity contribution in [3.63, 3.8) is 0 Å². The Morgan fingerprint density at radius 3 is 2.63 bits per heavy atom. The molecular formula is C35H38ClN10O6+. The number of nitrogens with zero attached hydrogens (tertiary/aromatic N) is 9. The molecule has 17 heteroatoms. The number of methoxy groups -OCH3 is 2. The number of likely N-dealkylation sites (tertiary alicyclic amines) is 1.